The molecular weight excluding hydrogens is 371 g/mol. The van der Waals surface area contributed by atoms with Gasteiger partial charge in [-0.3, -0.25) is 9.59 Å². The first-order valence-electron chi connectivity index (χ1n) is 9.89. The summed E-state index contributed by atoms with van der Waals surface area (Å²) in [6, 6.07) is 7.86. The number of rotatable bonds is 5. The highest BCUT2D eigenvalue weighted by molar-refractivity contribution is 5.77. The SMILES string of the molecule is O=C1C[C@H](CCC(=O)N2CC(c3ccc(C4CC(C(F)(F)F)C4)cc3)C2)CO1. The third kappa shape index (κ3) is 4.03. The number of hydrogen-bond donors (Lipinski definition) is 0. The molecule has 1 aromatic rings. The number of esters is 1. The second-order valence-corrected chi connectivity index (χ2v) is 8.36. The van der Waals surface area contributed by atoms with Crippen LogP contribution in [0.4, 0.5) is 13.2 Å². The van der Waals surface area contributed by atoms with Gasteiger partial charge in [-0.05, 0) is 36.3 Å². The third-order valence-electron chi connectivity index (χ3n) is 6.42. The van der Waals surface area contributed by atoms with E-state index in [0.717, 1.165) is 11.1 Å². The van der Waals surface area contributed by atoms with Gasteiger partial charge in [-0.1, -0.05) is 24.3 Å². The van der Waals surface area contributed by atoms with Crippen molar-refractivity contribution in [2.45, 2.75) is 50.1 Å². The largest absolute Gasteiger partial charge is 0.465 e. The summed E-state index contributed by atoms with van der Waals surface area (Å²) >= 11 is 0. The number of halogens is 3. The van der Waals surface area contributed by atoms with Gasteiger partial charge in [0.05, 0.1) is 18.9 Å². The Labute approximate surface area is 162 Å². The van der Waals surface area contributed by atoms with E-state index >= 15 is 0 Å². The predicted molar refractivity (Wildman–Crippen MR) is 95.6 cm³/mol. The first kappa shape index (κ1) is 19.3. The van der Waals surface area contributed by atoms with Crippen molar-refractivity contribution in [3.8, 4) is 0 Å². The van der Waals surface area contributed by atoms with Crippen LogP contribution in [0.5, 0.6) is 0 Å². The van der Waals surface area contributed by atoms with Gasteiger partial charge in [0.25, 0.3) is 0 Å². The van der Waals surface area contributed by atoms with Gasteiger partial charge in [-0.15, -0.1) is 0 Å². The van der Waals surface area contributed by atoms with Crippen molar-refractivity contribution in [3.05, 3.63) is 35.4 Å². The molecule has 7 heteroatoms. The van der Waals surface area contributed by atoms with Crippen molar-refractivity contribution < 1.29 is 27.5 Å². The Kier molecular flexibility index (Phi) is 5.10. The predicted octanol–water partition coefficient (Wildman–Crippen LogP) is 4.01. The fourth-order valence-electron chi connectivity index (χ4n) is 4.33. The minimum Gasteiger partial charge on any atom is -0.465 e. The van der Waals surface area contributed by atoms with Crippen LogP contribution in [-0.2, 0) is 14.3 Å². The zero-order valence-electron chi connectivity index (χ0n) is 15.6. The Bertz CT molecular complexity index is 734. The minimum atomic E-state index is -4.07. The number of cyclic esters (lactones) is 1. The van der Waals surface area contributed by atoms with Crippen LogP contribution in [0.1, 0.15) is 55.1 Å². The Balaban J connectivity index is 1.20. The maximum absolute atomic E-state index is 12.6. The van der Waals surface area contributed by atoms with Gasteiger partial charge >= 0.3 is 12.1 Å². The molecule has 1 atom stereocenters. The number of likely N-dealkylation sites (tertiary alicyclic amines) is 1. The van der Waals surface area contributed by atoms with E-state index in [1.807, 2.05) is 29.2 Å². The van der Waals surface area contributed by atoms with E-state index in [2.05, 4.69) is 0 Å². The molecule has 1 aromatic carbocycles. The summed E-state index contributed by atoms with van der Waals surface area (Å²) in [6.07, 6.45) is -2.17. The molecule has 1 saturated carbocycles. The van der Waals surface area contributed by atoms with E-state index in [-0.39, 0.29) is 36.6 Å². The van der Waals surface area contributed by atoms with E-state index in [4.69, 9.17) is 4.74 Å². The number of alkyl halides is 3. The zero-order valence-corrected chi connectivity index (χ0v) is 15.6. The Morgan fingerprint density at radius 2 is 1.68 bits per heavy atom. The maximum Gasteiger partial charge on any atom is 0.391 e. The number of ether oxygens (including phenoxy) is 1. The number of hydrogen-bond acceptors (Lipinski definition) is 3. The average Bonchev–Trinajstić information content (AvgIpc) is 2.96. The van der Waals surface area contributed by atoms with E-state index in [1.165, 1.54) is 0 Å². The molecule has 0 radical (unpaired) electrons. The van der Waals surface area contributed by atoms with Crippen molar-refractivity contribution in [1.29, 1.82) is 0 Å². The Hall–Kier alpha value is -2.05. The van der Waals surface area contributed by atoms with Gasteiger partial charge in [0, 0.05) is 31.3 Å². The van der Waals surface area contributed by atoms with Gasteiger partial charge in [0.15, 0.2) is 0 Å². The van der Waals surface area contributed by atoms with Crippen molar-refractivity contribution in [3.63, 3.8) is 0 Å². The molecule has 2 aliphatic heterocycles. The summed E-state index contributed by atoms with van der Waals surface area (Å²) in [6.45, 7) is 1.78. The number of carbonyl (C=O) groups is 2. The van der Waals surface area contributed by atoms with Crippen molar-refractivity contribution in [2.24, 2.45) is 11.8 Å². The van der Waals surface area contributed by atoms with E-state index in [0.29, 0.717) is 44.9 Å². The molecule has 0 aromatic heterocycles. The molecular formula is C21H24F3NO3. The molecule has 2 saturated heterocycles. The van der Waals surface area contributed by atoms with Crippen LogP contribution in [0.25, 0.3) is 0 Å². The average molecular weight is 395 g/mol. The summed E-state index contributed by atoms with van der Waals surface area (Å²) in [5.41, 5.74) is 2.11. The highest BCUT2D eigenvalue weighted by Crippen LogP contribution is 2.49. The highest BCUT2D eigenvalue weighted by atomic mass is 19.4. The molecule has 1 amide bonds. The lowest BCUT2D eigenvalue weighted by atomic mass is 9.71. The van der Waals surface area contributed by atoms with E-state index in [1.54, 1.807) is 0 Å². The molecule has 0 unspecified atom stereocenters. The van der Waals surface area contributed by atoms with Gasteiger partial charge in [-0.2, -0.15) is 13.2 Å². The van der Waals surface area contributed by atoms with Crippen LogP contribution in [0.15, 0.2) is 24.3 Å². The summed E-state index contributed by atoms with van der Waals surface area (Å²) in [5.74, 6) is -0.771. The smallest absolute Gasteiger partial charge is 0.391 e. The van der Waals surface area contributed by atoms with Gasteiger partial charge < -0.3 is 9.64 Å². The molecule has 4 nitrogen and oxygen atoms in total. The van der Waals surface area contributed by atoms with Crippen LogP contribution in [0, 0.1) is 11.8 Å². The molecule has 0 spiro atoms. The minimum absolute atomic E-state index is 0.00610. The highest BCUT2D eigenvalue weighted by Gasteiger charge is 2.48. The molecule has 3 fully saturated rings. The normalized spacial score (nSPS) is 27.9. The topological polar surface area (TPSA) is 46.6 Å². The lowest BCUT2D eigenvalue weighted by Gasteiger charge is -2.40. The Morgan fingerprint density at radius 3 is 2.21 bits per heavy atom. The summed E-state index contributed by atoms with van der Waals surface area (Å²) < 4.78 is 42.8. The molecule has 152 valence electrons. The summed E-state index contributed by atoms with van der Waals surface area (Å²) in [4.78, 5) is 25.2. The van der Waals surface area contributed by atoms with E-state index < -0.39 is 12.1 Å². The van der Waals surface area contributed by atoms with Crippen molar-refractivity contribution in [1.82, 2.24) is 4.90 Å². The molecule has 0 N–H and O–H groups in total. The van der Waals surface area contributed by atoms with Crippen LogP contribution >= 0.6 is 0 Å². The Morgan fingerprint density at radius 1 is 1.07 bits per heavy atom. The lowest BCUT2D eigenvalue weighted by Crippen LogP contribution is -2.48. The number of amides is 1. The maximum atomic E-state index is 12.6. The van der Waals surface area contributed by atoms with E-state index in [9.17, 15) is 22.8 Å². The van der Waals surface area contributed by atoms with Crippen LogP contribution in [0.2, 0.25) is 0 Å². The fourth-order valence-corrected chi connectivity index (χ4v) is 4.33. The molecule has 2 heterocycles. The molecule has 0 bridgehead atoms. The first-order valence-corrected chi connectivity index (χ1v) is 9.89. The second-order valence-electron chi connectivity index (χ2n) is 8.36. The zero-order chi connectivity index (χ0) is 19.9. The molecule has 1 aliphatic carbocycles. The molecule has 28 heavy (non-hydrogen) atoms. The monoisotopic (exact) mass is 395 g/mol. The van der Waals surface area contributed by atoms with Gasteiger partial charge in [0.1, 0.15) is 0 Å². The van der Waals surface area contributed by atoms with Crippen LogP contribution < -0.4 is 0 Å². The molecule has 3 aliphatic rings. The number of nitrogens with zero attached hydrogens (tertiary/aromatic N) is 1. The first-order chi connectivity index (χ1) is 13.3. The fraction of sp³-hybridized carbons (Fsp3) is 0.619. The van der Waals surface area contributed by atoms with Crippen molar-refractivity contribution in [2.75, 3.05) is 19.7 Å². The van der Waals surface area contributed by atoms with Crippen molar-refractivity contribution >= 4 is 11.9 Å². The number of carbonyl (C=O) groups excluding carboxylic acids is 2. The van der Waals surface area contributed by atoms with Gasteiger partial charge in [0.2, 0.25) is 5.91 Å². The van der Waals surface area contributed by atoms with Gasteiger partial charge in [-0.25, -0.2) is 0 Å². The summed E-state index contributed by atoms with van der Waals surface area (Å²) in [7, 11) is 0. The standard InChI is InChI=1S/C21H24F3NO3/c22-21(23,24)18-8-16(9-18)14-2-4-15(5-3-14)17-10-25(11-17)19(26)6-1-13-7-20(27)28-12-13/h2-5,13,16-18H,1,6-12H2/t13-,16?,18?/m0/s1. The third-order valence-corrected chi connectivity index (χ3v) is 6.42. The summed E-state index contributed by atoms with van der Waals surface area (Å²) in [5, 5.41) is 0. The van der Waals surface area contributed by atoms with Crippen LogP contribution in [-0.4, -0.2) is 42.6 Å². The number of benzene rings is 1. The lowest BCUT2D eigenvalue weighted by molar-refractivity contribution is -0.197. The molecule has 4 rings (SSSR count). The quantitative estimate of drug-likeness (QED) is 0.708. The second kappa shape index (κ2) is 7.41. The van der Waals surface area contributed by atoms with Crippen LogP contribution in [0.3, 0.4) is 0 Å².